The van der Waals surface area contributed by atoms with E-state index in [-0.39, 0.29) is 11.7 Å². The van der Waals surface area contributed by atoms with Gasteiger partial charge in [0.05, 0.1) is 9.13 Å². The predicted octanol–water partition coefficient (Wildman–Crippen LogP) is 4.54. The molecule has 0 aliphatic rings. The molecular weight excluding hydrogens is 384 g/mol. The van der Waals surface area contributed by atoms with Crippen molar-refractivity contribution in [3.05, 3.63) is 45.5 Å². The molecule has 20 heavy (non-hydrogen) atoms. The van der Waals surface area contributed by atoms with Crippen LogP contribution in [0, 0.1) is 3.57 Å². The minimum atomic E-state index is -4.45. The standard InChI is InChI=1S/C13H10F3IN2O/c1-18-11-6-8(13(14,15)16)7-12(19-11)20-10-5-3-2-4-9(10)17/h2-7H,1H3,(H,18,19). The Morgan fingerprint density at radius 3 is 2.50 bits per heavy atom. The molecule has 0 atom stereocenters. The van der Waals surface area contributed by atoms with Gasteiger partial charge in [0.25, 0.3) is 0 Å². The van der Waals surface area contributed by atoms with Crippen molar-refractivity contribution in [1.29, 1.82) is 0 Å². The largest absolute Gasteiger partial charge is 0.438 e. The first kappa shape index (κ1) is 14.9. The van der Waals surface area contributed by atoms with E-state index >= 15 is 0 Å². The van der Waals surface area contributed by atoms with Gasteiger partial charge in [-0.05, 0) is 40.8 Å². The summed E-state index contributed by atoms with van der Waals surface area (Å²) in [4.78, 5) is 3.97. The predicted molar refractivity (Wildman–Crippen MR) is 78.0 cm³/mol. The van der Waals surface area contributed by atoms with Gasteiger partial charge < -0.3 is 10.1 Å². The first-order chi connectivity index (χ1) is 9.40. The van der Waals surface area contributed by atoms with E-state index in [0.717, 1.165) is 15.7 Å². The van der Waals surface area contributed by atoms with Crippen LogP contribution in [0.2, 0.25) is 0 Å². The van der Waals surface area contributed by atoms with Crippen LogP contribution in [0.15, 0.2) is 36.4 Å². The lowest BCUT2D eigenvalue weighted by Gasteiger charge is -2.12. The number of hydrogen-bond donors (Lipinski definition) is 1. The number of nitrogens with one attached hydrogen (secondary N) is 1. The van der Waals surface area contributed by atoms with Crippen molar-refractivity contribution in [2.75, 3.05) is 12.4 Å². The molecule has 0 saturated heterocycles. The molecule has 0 spiro atoms. The molecule has 2 aromatic rings. The first-order valence-electron chi connectivity index (χ1n) is 5.59. The minimum absolute atomic E-state index is 0.0979. The number of pyridine rings is 1. The van der Waals surface area contributed by atoms with Crippen LogP contribution < -0.4 is 10.1 Å². The third-order valence-corrected chi connectivity index (χ3v) is 3.33. The van der Waals surface area contributed by atoms with E-state index in [2.05, 4.69) is 10.3 Å². The second-order valence-corrected chi connectivity index (χ2v) is 5.02. The van der Waals surface area contributed by atoms with E-state index in [9.17, 15) is 13.2 Å². The number of rotatable bonds is 3. The summed E-state index contributed by atoms with van der Waals surface area (Å²) in [6.07, 6.45) is -4.45. The van der Waals surface area contributed by atoms with E-state index in [4.69, 9.17) is 4.74 Å². The van der Waals surface area contributed by atoms with Crippen molar-refractivity contribution in [3.63, 3.8) is 0 Å². The Hall–Kier alpha value is -1.51. The zero-order chi connectivity index (χ0) is 14.8. The summed E-state index contributed by atoms with van der Waals surface area (Å²) in [5, 5.41) is 2.59. The molecule has 0 aliphatic carbocycles. The van der Waals surface area contributed by atoms with Crippen molar-refractivity contribution in [3.8, 4) is 11.6 Å². The Balaban J connectivity index is 2.39. The van der Waals surface area contributed by atoms with Crippen molar-refractivity contribution in [2.24, 2.45) is 0 Å². The van der Waals surface area contributed by atoms with Gasteiger partial charge in [0.2, 0.25) is 5.88 Å². The van der Waals surface area contributed by atoms with Gasteiger partial charge in [-0.15, -0.1) is 0 Å². The number of anilines is 1. The van der Waals surface area contributed by atoms with Gasteiger partial charge >= 0.3 is 6.18 Å². The molecule has 0 bridgehead atoms. The summed E-state index contributed by atoms with van der Waals surface area (Å²) in [7, 11) is 1.50. The lowest BCUT2D eigenvalue weighted by molar-refractivity contribution is -0.137. The summed E-state index contributed by atoms with van der Waals surface area (Å²) in [5.74, 6) is 0.455. The molecule has 106 valence electrons. The molecule has 1 aromatic carbocycles. The fraction of sp³-hybridized carbons (Fsp3) is 0.154. The topological polar surface area (TPSA) is 34.1 Å². The van der Waals surface area contributed by atoms with Crippen LogP contribution in [0.25, 0.3) is 0 Å². The third kappa shape index (κ3) is 3.53. The van der Waals surface area contributed by atoms with E-state index in [0.29, 0.717) is 5.75 Å². The Kier molecular flexibility index (Phi) is 4.36. The van der Waals surface area contributed by atoms with Crippen molar-refractivity contribution in [2.45, 2.75) is 6.18 Å². The Morgan fingerprint density at radius 2 is 1.90 bits per heavy atom. The SMILES string of the molecule is CNc1cc(C(F)(F)F)cc(Oc2ccccc2I)n1. The Morgan fingerprint density at radius 1 is 1.20 bits per heavy atom. The molecule has 2 rings (SSSR count). The molecule has 0 saturated carbocycles. The molecular formula is C13H10F3IN2O. The van der Waals surface area contributed by atoms with Crippen LogP contribution in [0.1, 0.15) is 5.56 Å². The maximum Gasteiger partial charge on any atom is 0.416 e. The number of hydrogen-bond acceptors (Lipinski definition) is 3. The maximum absolute atomic E-state index is 12.8. The Bertz CT molecular complexity index is 617. The van der Waals surface area contributed by atoms with Crippen LogP contribution in [0.3, 0.4) is 0 Å². The zero-order valence-corrected chi connectivity index (χ0v) is 12.5. The normalized spacial score (nSPS) is 11.2. The number of para-hydroxylation sites is 1. The highest BCUT2D eigenvalue weighted by atomic mass is 127. The second kappa shape index (κ2) is 5.86. The summed E-state index contributed by atoms with van der Waals surface area (Å²) in [6.45, 7) is 0. The molecule has 1 N–H and O–H groups in total. The van der Waals surface area contributed by atoms with Crippen LogP contribution in [-0.4, -0.2) is 12.0 Å². The molecule has 0 amide bonds. The van der Waals surface area contributed by atoms with Crippen LogP contribution >= 0.6 is 22.6 Å². The fourth-order valence-corrected chi connectivity index (χ4v) is 1.99. The van der Waals surface area contributed by atoms with Crippen LogP contribution in [-0.2, 0) is 6.18 Å². The highest BCUT2D eigenvalue weighted by Gasteiger charge is 2.32. The van der Waals surface area contributed by atoms with E-state index in [1.54, 1.807) is 18.2 Å². The average Bonchev–Trinajstić information content (AvgIpc) is 2.40. The molecule has 0 aliphatic heterocycles. The molecule has 0 fully saturated rings. The third-order valence-electron chi connectivity index (χ3n) is 2.44. The van der Waals surface area contributed by atoms with Gasteiger partial charge in [-0.25, -0.2) is 0 Å². The zero-order valence-electron chi connectivity index (χ0n) is 10.3. The average molecular weight is 394 g/mol. The summed E-state index contributed by atoms with van der Waals surface area (Å²) in [5.41, 5.74) is -0.808. The number of nitrogens with zero attached hydrogens (tertiary/aromatic N) is 1. The highest BCUT2D eigenvalue weighted by Crippen LogP contribution is 2.34. The molecule has 1 aromatic heterocycles. The number of halogens is 4. The molecule has 7 heteroatoms. The van der Waals surface area contributed by atoms with Crippen molar-refractivity contribution < 1.29 is 17.9 Å². The van der Waals surface area contributed by atoms with Gasteiger partial charge in [0, 0.05) is 13.1 Å². The van der Waals surface area contributed by atoms with Gasteiger partial charge in [-0.3, -0.25) is 0 Å². The molecule has 3 nitrogen and oxygen atoms in total. The van der Waals surface area contributed by atoms with Crippen molar-refractivity contribution >= 4 is 28.4 Å². The maximum atomic E-state index is 12.8. The quantitative estimate of drug-likeness (QED) is 0.777. The summed E-state index contributed by atoms with van der Waals surface area (Å²) in [6, 6.07) is 8.83. The smallest absolute Gasteiger partial charge is 0.416 e. The lowest BCUT2D eigenvalue weighted by Crippen LogP contribution is -2.07. The summed E-state index contributed by atoms with van der Waals surface area (Å²) >= 11 is 2.04. The van der Waals surface area contributed by atoms with Gasteiger partial charge in [0.15, 0.2) is 0 Å². The van der Waals surface area contributed by atoms with Crippen LogP contribution in [0.4, 0.5) is 19.0 Å². The van der Waals surface area contributed by atoms with Crippen LogP contribution in [0.5, 0.6) is 11.6 Å². The van der Waals surface area contributed by atoms with Crippen molar-refractivity contribution in [1.82, 2.24) is 4.98 Å². The van der Waals surface area contributed by atoms with Gasteiger partial charge in [0.1, 0.15) is 11.6 Å². The highest BCUT2D eigenvalue weighted by molar-refractivity contribution is 14.1. The molecule has 0 radical (unpaired) electrons. The van der Waals surface area contributed by atoms with E-state index < -0.39 is 11.7 Å². The number of aromatic nitrogens is 1. The number of alkyl halides is 3. The minimum Gasteiger partial charge on any atom is -0.438 e. The monoisotopic (exact) mass is 394 g/mol. The van der Waals surface area contributed by atoms with E-state index in [1.807, 2.05) is 28.7 Å². The second-order valence-electron chi connectivity index (χ2n) is 3.86. The molecule has 0 unspecified atom stereocenters. The van der Waals surface area contributed by atoms with E-state index in [1.165, 1.54) is 7.05 Å². The van der Waals surface area contributed by atoms with Gasteiger partial charge in [-0.1, -0.05) is 12.1 Å². The van der Waals surface area contributed by atoms with Gasteiger partial charge in [-0.2, -0.15) is 18.2 Å². The number of ether oxygens (including phenoxy) is 1. The number of benzene rings is 1. The summed E-state index contributed by atoms with van der Waals surface area (Å²) < 4.78 is 44.6. The molecule has 1 heterocycles. The fourth-order valence-electron chi connectivity index (χ4n) is 1.49. The lowest BCUT2D eigenvalue weighted by atomic mass is 10.2. The Labute approximate surface area is 127 Å². The first-order valence-corrected chi connectivity index (χ1v) is 6.67.